The molecule has 0 heterocycles. The van der Waals surface area contributed by atoms with Gasteiger partial charge in [0.05, 0.1) is 6.61 Å². The van der Waals surface area contributed by atoms with Crippen molar-refractivity contribution in [2.24, 2.45) is 5.92 Å². The first-order valence-corrected chi connectivity index (χ1v) is 4.57. The Balaban J connectivity index is 3.76. The van der Waals surface area contributed by atoms with Crippen LogP contribution in [-0.2, 0) is 9.59 Å². The van der Waals surface area contributed by atoms with Crippen molar-refractivity contribution >= 4 is 11.9 Å². The van der Waals surface area contributed by atoms with Crippen LogP contribution in [0.3, 0.4) is 0 Å². The van der Waals surface area contributed by atoms with Gasteiger partial charge in [0.15, 0.2) is 0 Å². The van der Waals surface area contributed by atoms with E-state index in [0.29, 0.717) is 0 Å². The normalized spacial score (nSPS) is 14.5. The van der Waals surface area contributed by atoms with E-state index in [2.05, 4.69) is 5.32 Å². The molecule has 5 nitrogen and oxygen atoms in total. The second-order valence-electron chi connectivity index (χ2n) is 3.56. The van der Waals surface area contributed by atoms with Crippen molar-refractivity contribution in [1.82, 2.24) is 5.32 Å². The number of nitrogens with one attached hydrogen (secondary N) is 1. The lowest BCUT2D eigenvalue weighted by Gasteiger charge is -2.13. The quantitative estimate of drug-likeness (QED) is 0.566. The number of carboxylic acid groups (broad SMARTS) is 1. The van der Waals surface area contributed by atoms with Crippen molar-refractivity contribution in [2.45, 2.75) is 32.7 Å². The van der Waals surface area contributed by atoms with Gasteiger partial charge in [-0.15, -0.1) is 0 Å². The van der Waals surface area contributed by atoms with Crippen LogP contribution in [0.5, 0.6) is 0 Å². The maximum atomic E-state index is 11.2. The van der Waals surface area contributed by atoms with E-state index < -0.39 is 5.97 Å². The van der Waals surface area contributed by atoms with Gasteiger partial charge in [0.25, 0.3) is 0 Å². The van der Waals surface area contributed by atoms with Crippen molar-refractivity contribution in [1.29, 1.82) is 0 Å². The van der Waals surface area contributed by atoms with Crippen LogP contribution in [0.4, 0.5) is 0 Å². The molecule has 1 amide bonds. The molecule has 5 heteroatoms. The van der Waals surface area contributed by atoms with Crippen molar-refractivity contribution in [3.05, 3.63) is 0 Å². The molecule has 82 valence electrons. The van der Waals surface area contributed by atoms with Crippen molar-refractivity contribution < 1.29 is 19.8 Å². The molecule has 0 rings (SSSR count). The maximum absolute atomic E-state index is 11.2. The third-order valence-electron chi connectivity index (χ3n) is 1.74. The molecule has 0 spiro atoms. The summed E-state index contributed by atoms with van der Waals surface area (Å²) in [4.78, 5) is 21.5. The van der Waals surface area contributed by atoms with Gasteiger partial charge in [-0.3, -0.25) is 9.59 Å². The van der Waals surface area contributed by atoms with Gasteiger partial charge in [0.2, 0.25) is 5.91 Å². The third-order valence-corrected chi connectivity index (χ3v) is 1.74. The van der Waals surface area contributed by atoms with E-state index in [9.17, 15) is 9.59 Å². The molecule has 0 aromatic rings. The molecule has 0 aliphatic carbocycles. The minimum Gasteiger partial charge on any atom is -0.481 e. The lowest BCUT2D eigenvalue weighted by molar-refractivity contribution is -0.138. The number of hydrogen-bond donors (Lipinski definition) is 3. The standard InChI is InChI=1S/C9H17NO4/c1-6(4-9(13)14)3-8(12)10-7(2)5-11/h6-7,11H,3-5H2,1-2H3,(H,10,12)(H,13,14)/t6?,7-/m1/s1. The summed E-state index contributed by atoms with van der Waals surface area (Å²) >= 11 is 0. The van der Waals surface area contributed by atoms with E-state index in [1.54, 1.807) is 13.8 Å². The minimum absolute atomic E-state index is 0.0130. The third kappa shape index (κ3) is 6.42. The Bertz CT molecular complexity index is 205. The Morgan fingerprint density at radius 1 is 1.29 bits per heavy atom. The highest BCUT2D eigenvalue weighted by molar-refractivity contribution is 5.77. The maximum Gasteiger partial charge on any atom is 0.303 e. The molecule has 0 bridgehead atoms. The van der Waals surface area contributed by atoms with E-state index in [1.165, 1.54) is 0 Å². The molecular weight excluding hydrogens is 186 g/mol. The average molecular weight is 203 g/mol. The number of carbonyl (C=O) groups is 2. The molecule has 1 unspecified atom stereocenters. The van der Waals surface area contributed by atoms with Crippen molar-refractivity contribution in [2.75, 3.05) is 6.61 Å². The molecule has 0 aliphatic heterocycles. The molecule has 0 saturated carbocycles. The first-order chi connectivity index (χ1) is 6.45. The number of rotatable bonds is 6. The summed E-state index contributed by atoms with van der Waals surface area (Å²) in [5, 5.41) is 19.7. The predicted molar refractivity (Wildman–Crippen MR) is 50.7 cm³/mol. The molecule has 2 atom stereocenters. The number of hydrogen-bond acceptors (Lipinski definition) is 3. The zero-order valence-corrected chi connectivity index (χ0v) is 8.49. The van der Waals surface area contributed by atoms with Crippen LogP contribution in [0.25, 0.3) is 0 Å². The monoisotopic (exact) mass is 203 g/mol. The molecule has 0 fully saturated rings. The van der Waals surface area contributed by atoms with E-state index in [0.717, 1.165) is 0 Å². The van der Waals surface area contributed by atoms with Gasteiger partial charge in [-0.2, -0.15) is 0 Å². The van der Waals surface area contributed by atoms with Crippen molar-refractivity contribution in [3.63, 3.8) is 0 Å². The summed E-state index contributed by atoms with van der Waals surface area (Å²) in [6, 6.07) is -0.278. The number of carbonyl (C=O) groups excluding carboxylic acids is 1. The summed E-state index contributed by atoms with van der Waals surface area (Å²) in [7, 11) is 0. The molecule has 0 saturated heterocycles. The molecule has 0 aromatic heterocycles. The summed E-state index contributed by atoms with van der Waals surface area (Å²) in [5.74, 6) is -1.31. The Hall–Kier alpha value is -1.10. The lowest BCUT2D eigenvalue weighted by Crippen LogP contribution is -2.35. The molecule has 3 N–H and O–H groups in total. The van der Waals surface area contributed by atoms with Crippen LogP contribution in [0.15, 0.2) is 0 Å². The number of aliphatic hydroxyl groups excluding tert-OH is 1. The smallest absolute Gasteiger partial charge is 0.303 e. The van der Waals surface area contributed by atoms with Gasteiger partial charge >= 0.3 is 5.97 Å². The van der Waals surface area contributed by atoms with Gasteiger partial charge in [-0.25, -0.2) is 0 Å². The number of carboxylic acids is 1. The van der Waals surface area contributed by atoms with Gasteiger partial charge in [0, 0.05) is 18.9 Å². The second-order valence-corrected chi connectivity index (χ2v) is 3.56. The fraction of sp³-hybridized carbons (Fsp3) is 0.778. The number of aliphatic hydroxyl groups is 1. The average Bonchev–Trinajstić information content (AvgIpc) is 2.01. The molecular formula is C9H17NO4. The Morgan fingerprint density at radius 2 is 1.86 bits per heavy atom. The molecule has 0 aromatic carbocycles. The molecule has 0 aliphatic rings. The minimum atomic E-state index is -0.902. The van der Waals surface area contributed by atoms with Gasteiger partial charge in [0.1, 0.15) is 0 Å². The van der Waals surface area contributed by atoms with Gasteiger partial charge < -0.3 is 15.5 Å². The predicted octanol–water partition coefficient (Wildman–Crippen LogP) is -0.0157. The topological polar surface area (TPSA) is 86.6 Å². The zero-order chi connectivity index (χ0) is 11.1. The first-order valence-electron chi connectivity index (χ1n) is 4.57. The highest BCUT2D eigenvalue weighted by atomic mass is 16.4. The Labute approximate surface area is 83.1 Å². The Morgan fingerprint density at radius 3 is 2.29 bits per heavy atom. The second kappa shape index (κ2) is 6.37. The fourth-order valence-corrected chi connectivity index (χ4v) is 1.07. The Kier molecular flexibility index (Phi) is 5.87. The highest BCUT2D eigenvalue weighted by Gasteiger charge is 2.13. The first kappa shape index (κ1) is 12.9. The van der Waals surface area contributed by atoms with Crippen LogP contribution < -0.4 is 5.32 Å². The summed E-state index contributed by atoms with van der Waals surface area (Å²) < 4.78 is 0. The highest BCUT2D eigenvalue weighted by Crippen LogP contribution is 2.06. The van der Waals surface area contributed by atoms with Crippen LogP contribution in [0, 0.1) is 5.92 Å². The lowest BCUT2D eigenvalue weighted by atomic mass is 10.0. The van der Waals surface area contributed by atoms with E-state index in [4.69, 9.17) is 10.2 Å². The fourth-order valence-electron chi connectivity index (χ4n) is 1.07. The van der Waals surface area contributed by atoms with Gasteiger partial charge in [-0.05, 0) is 12.8 Å². The van der Waals surface area contributed by atoms with Crippen LogP contribution in [0.1, 0.15) is 26.7 Å². The van der Waals surface area contributed by atoms with Crippen LogP contribution >= 0.6 is 0 Å². The zero-order valence-electron chi connectivity index (χ0n) is 8.49. The largest absolute Gasteiger partial charge is 0.481 e. The summed E-state index contributed by atoms with van der Waals surface area (Å²) in [5.41, 5.74) is 0. The van der Waals surface area contributed by atoms with Crippen LogP contribution in [0.2, 0.25) is 0 Å². The summed E-state index contributed by atoms with van der Waals surface area (Å²) in [6.45, 7) is 3.27. The molecule has 14 heavy (non-hydrogen) atoms. The summed E-state index contributed by atoms with van der Waals surface area (Å²) in [6.07, 6.45) is 0.164. The van der Waals surface area contributed by atoms with Crippen molar-refractivity contribution in [3.8, 4) is 0 Å². The van der Waals surface area contributed by atoms with Crippen LogP contribution in [-0.4, -0.2) is 34.7 Å². The molecule has 0 radical (unpaired) electrons. The van der Waals surface area contributed by atoms with E-state index in [-0.39, 0.29) is 37.3 Å². The van der Waals surface area contributed by atoms with Gasteiger partial charge in [-0.1, -0.05) is 6.92 Å². The van der Waals surface area contributed by atoms with E-state index >= 15 is 0 Å². The number of aliphatic carboxylic acids is 1. The SMILES string of the molecule is CC(CC(=O)O)CC(=O)N[C@H](C)CO. The van der Waals surface area contributed by atoms with E-state index in [1.807, 2.05) is 0 Å². The number of amides is 1.